The molecule has 0 amide bonds. The van der Waals surface area contributed by atoms with Gasteiger partial charge in [-0.1, -0.05) is 18.2 Å². The normalized spacial score (nSPS) is 23.6. The van der Waals surface area contributed by atoms with Gasteiger partial charge in [0.25, 0.3) is 0 Å². The van der Waals surface area contributed by atoms with Crippen LogP contribution in [0.5, 0.6) is 0 Å². The number of benzene rings is 1. The smallest absolute Gasteiger partial charge is 0.0705 e. The molecule has 0 spiro atoms. The summed E-state index contributed by atoms with van der Waals surface area (Å²) < 4.78 is 5.59. The lowest BCUT2D eigenvalue weighted by Gasteiger charge is -2.34. The fraction of sp³-hybridized carbons (Fsp3) is 0.438. The summed E-state index contributed by atoms with van der Waals surface area (Å²) in [6.45, 7) is 4.81. The molecule has 1 fully saturated rings. The molecule has 1 saturated heterocycles. The number of pyridine rings is 1. The monoisotopic (exact) mass is 256 g/mol. The third-order valence-corrected chi connectivity index (χ3v) is 3.88. The first-order valence-corrected chi connectivity index (χ1v) is 6.92. The highest BCUT2D eigenvalue weighted by atomic mass is 16.5. The maximum Gasteiger partial charge on any atom is 0.0705 e. The largest absolute Gasteiger partial charge is 0.380 e. The summed E-state index contributed by atoms with van der Waals surface area (Å²) in [5, 5.41) is 4.89. The van der Waals surface area contributed by atoms with Crippen molar-refractivity contribution >= 4 is 10.9 Å². The molecule has 1 aromatic heterocycles. The lowest BCUT2D eigenvalue weighted by atomic mass is 9.94. The van der Waals surface area contributed by atoms with Crippen molar-refractivity contribution in [2.75, 3.05) is 13.2 Å². The van der Waals surface area contributed by atoms with Crippen LogP contribution < -0.4 is 5.32 Å². The number of para-hydroxylation sites is 1. The number of hydrogen-bond donors (Lipinski definition) is 1. The van der Waals surface area contributed by atoms with Gasteiger partial charge in [0, 0.05) is 30.3 Å². The highest BCUT2D eigenvalue weighted by molar-refractivity contribution is 5.81. The number of hydrogen-bond acceptors (Lipinski definition) is 3. The maximum absolute atomic E-state index is 5.59. The van der Waals surface area contributed by atoms with Crippen LogP contribution in [0.2, 0.25) is 0 Å². The van der Waals surface area contributed by atoms with Gasteiger partial charge in [-0.2, -0.15) is 0 Å². The first-order valence-electron chi connectivity index (χ1n) is 6.92. The van der Waals surface area contributed by atoms with Crippen molar-refractivity contribution in [3.63, 3.8) is 0 Å². The highest BCUT2D eigenvalue weighted by Gasteiger charge is 2.26. The van der Waals surface area contributed by atoms with E-state index in [2.05, 4.69) is 41.5 Å². The maximum atomic E-state index is 5.59. The standard InChI is InChI=1S/C16H20N2O/c1-16(8-4-10-19-12-16)18-11-13-7-9-17-15-6-3-2-5-14(13)15/h2-3,5-7,9,18H,4,8,10-12H2,1H3. The minimum atomic E-state index is 0.0998. The Balaban J connectivity index is 1.78. The first-order chi connectivity index (χ1) is 9.27. The Bertz CT molecular complexity index is 556. The zero-order valence-electron chi connectivity index (χ0n) is 11.4. The van der Waals surface area contributed by atoms with Crippen LogP contribution in [0.15, 0.2) is 36.5 Å². The third kappa shape index (κ3) is 2.77. The van der Waals surface area contributed by atoms with Crippen molar-refractivity contribution in [3.8, 4) is 0 Å². The average Bonchev–Trinajstić information content (AvgIpc) is 2.46. The van der Waals surface area contributed by atoms with E-state index in [4.69, 9.17) is 4.74 Å². The third-order valence-electron chi connectivity index (χ3n) is 3.88. The molecular formula is C16H20N2O. The zero-order valence-corrected chi connectivity index (χ0v) is 11.4. The summed E-state index contributed by atoms with van der Waals surface area (Å²) in [7, 11) is 0. The van der Waals surface area contributed by atoms with Gasteiger partial charge in [0.2, 0.25) is 0 Å². The lowest BCUT2D eigenvalue weighted by Crippen LogP contribution is -2.48. The van der Waals surface area contributed by atoms with E-state index in [-0.39, 0.29) is 5.54 Å². The van der Waals surface area contributed by atoms with Gasteiger partial charge in [-0.3, -0.25) is 4.98 Å². The van der Waals surface area contributed by atoms with E-state index in [9.17, 15) is 0 Å². The molecule has 1 N–H and O–H groups in total. The Kier molecular flexibility index (Phi) is 3.49. The van der Waals surface area contributed by atoms with Gasteiger partial charge in [0.1, 0.15) is 0 Å². The van der Waals surface area contributed by atoms with E-state index in [0.717, 1.165) is 31.7 Å². The molecule has 3 heteroatoms. The van der Waals surface area contributed by atoms with Crippen molar-refractivity contribution in [1.29, 1.82) is 0 Å². The van der Waals surface area contributed by atoms with Crippen molar-refractivity contribution in [1.82, 2.24) is 10.3 Å². The molecule has 2 heterocycles. The Morgan fingerprint density at radius 1 is 1.32 bits per heavy atom. The number of aromatic nitrogens is 1. The zero-order chi connectivity index (χ0) is 13.1. The van der Waals surface area contributed by atoms with Gasteiger partial charge < -0.3 is 10.1 Å². The molecule has 0 bridgehead atoms. The molecule has 0 radical (unpaired) electrons. The number of rotatable bonds is 3. The molecule has 1 atom stereocenters. The molecule has 3 nitrogen and oxygen atoms in total. The summed E-state index contributed by atoms with van der Waals surface area (Å²) in [4.78, 5) is 4.40. The number of fused-ring (bicyclic) bond motifs is 1. The van der Waals surface area contributed by atoms with E-state index in [0.29, 0.717) is 0 Å². The topological polar surface area (TPSA) is 34.2 Å². The lowest BCUT2D eigenvalue weighted by molar-refractivity contribution is 0.0278. The molecular weight excluding hydrogens is 236 g/mol. The van der Waals surface area contributed by atoms with Crippen LogP contribution in [0.4, 0.5) is 0 Å². The summed E-state index contributed by atoms with van der Waals surface area (Å²) in [6, 6.07) is 10.4. The van der Waals surface area contributed by atoms with Crippen LogP contribution in [0.25, 0.3) is 10.9 Å². The predicted molar refractivity (Wildman–Crippen MR) is 77.0 cm³/mol. The van der Waals surface area contributed by atoms with Crippen molar-refractivity contribution < 1.29 is 4.74 Å². The SMILES string of the molecule is CC1(NCc2ccnc3ccccc23)CCCOC1. The second-order valence-corrected chi connectivity index (χ2v) is 5.56. The summed E-state index contributed by atoms with van der Waals surface area (Å²) >= 11 is 0. The molecule has 19 heavy (non-hydrogen) atoms. The van der Waals surface area contributed by atoms with Gasteiger partial charge in [0.15, 0.2) is 0 Å². The van der Waals surface area contributed by atoms with Gasteiger partial charge in [-0.25, -0.2) is 0 Å². The molecule has 1 aliphatic heterocycles. The van der Waals surface area contributed by atoms with Crippen LogP contribution in [0.3, 0.4) is 0 Å². The Labute approximate surface area is 114 Å². The molecule has 0 aliphatic carbocycles. The Morgan fingerprint density at radius 2 is 2.21 bits per heavy atom. The van der Waals surface area contributed by atoms with E-state index >= 15 is 0 Å². The first kappa shape index (κ1) is 12.6. The van der Waals surface area contributed by atoms with E-state index < -0.39 is 0 Å². The van der Waals surface area contributed by atoms with Crippen LogP contribution in [0, 0.1) is 0 Å². The molecule has 1 unspecified atom stereocenters. The Morgan fingerprint density at radius 3 is 3.05 bits per heavy atom. The number of nitrogens with zero attached hydrogens (tertiary/aromatic N) is 1. The van der Waals surface area contributed by atoms with Gasteiger partial charge in [0.05, 0.1) is 12.1 Å². The highest BCUT2D eigenvalue weighted by Crippen LogP contribution is 2.21. The van der Waals surface area contributed by atoms with Crippen molar-refractivity contribution in [2.45, 2.75) is 31.8 Å². The predicted octanol–water partition coefficient (Wildman–Crippen LogP) is 2.89. The van der Waals surface area contributed by atoms with Gasteiger partial charge >= 0.3 is 0 Å². The number of ether oxygens (including phenoxy) is 1. The minimum Gasteiger partial charge on any atom is -0.380 e. The second kappa shape index (κ2) is 5.27. The Hall–Kier alpha value is -1.45. The number of nitrogens with one attached hydrogen (secondary N) is 1. The summed E-state index contributed by atoms with van der Waals surface area (Å²) in [5.41, 5.74) is 2.46. The average molecular weight is 256 g/mol. The summed E-state index contributed by atoms with van der Waals surface area (Å²) in [5.74, 6) is 0. The molecule has 1 aromatic carbocycles. The quantitative estimate of drug-likeness (QED) is 0.917. The molecule has 2 aromatic rings. The fourth-order valence-corrected chi connectivity index (χ4v) is 2.69. The van der Waals surface area contributed by atoms with Gasteiger partial charge in [-0.15, -0.1) is 0 Å². The van der Waals surface area contributed by atoms with Crippen LogP contribution >= 0.6 is 0 Å². The van der Waals surface area contributed by atoms with Crippen molar-refractivity contribution in [2.24, 2.45) is 0 Å². The van der Waals surface area contributed by atoms with Gasteiger partial charge in [-0.05, 0) is 37.5 Å². The van der Waals surface area contributed by atoms with Crippen LogP contribution in [-0.4, -0.2) is 23.7 Å². The van der Waals surface area contributed by atoms with E-state index in [1.165, 1.54) is 17.4 Å². The fourth-order valence-electron chi connectivity index (χ4n) is 2.69. The van der Waals surface area contributed by atoms with E-state index in [1.54, 1.807) is 0 Å². The molecule has 0 saturated carbocycles. The molecule has 1 aliphatic rings. The van der Waals surface area contributed by atoms with Crippen LogP contribution in [0.1, 0.15) is 25.3 Å². The molecule has 3 rings (SSSR count). The van der Waals surface area contributed by atoms with Crippen LogP contribution in [-0.2, 0) is 11.3 Å². The second-order valence-electron chi connectivity index (χ2n) is 5.56. The van der Waals surface area contributed by atoms with Crippen molar-refractivity contribution in [3.05, 3.63) is 42.1 Å². The van der Waals surface area contributed by atoms with E-state index in [1.807, 2.05) is 12.3 Å². The minimum absolute atomic E-state index is 0.0998. The summed E-state index contributed by atoms with van der Waals surface area (Å²) in [6.07, 6.45) is 4.20. The molecule has 100 valence electrons.